The summed E-state index contributed by atoms with van der Waals surface area (Å²) in [6, 6.07) is 0. The molecular weight excluding hydrogens is 240 g/mol. The molecule has 0 saturated carbocycles. The molecule has 0 fully saturated rings. The number of H-pyrrole nitrogens is 1. The molecular formula is C9H10N6O3. The Morgan fingerprint density at radius 3 is 2.94 bits per heavy atom. The number of carbonyl (C=O) groups excluding carboxylic acids is 1. The maximum atomic E-state index is 11.5. The molecule has 0 unspecified atom stereocenters. The molecule has 2 heterocycles. The van der Waals surface area contributed by atoms with Crippen molar-refractivity contribution < 1.29 is 14.7 Å². The van der Waals surface area contributed by atoms with E-state index in [1.807, 2.05) is 0 Å². The maximum absolute atomic E-state index is 11.5. The molecule has 0 spiro atoms. The molecule has 0 aliphatic heterocycles. The lowest BCUT2D eigenvalue weighted by atomic mass is 10.4. The Balaban J connectivity index is 1.81. The lowest BCUT2D eigenvalue weighted by molar-refractivity contribution is 0.0690. The van der Waals surface area contributed by atoms with E-state index < -0.39 is 5.97 Å². The zero-order chi connectivity index (χ0) is 13.0. The number of amides is 1. The molecule has 1 amide bonds. The van der Waals surface area contributed by atoms with Crippen LogP contribution in [0.25, 0.3) is 0 Å². The Kier molecular flexibility index (Phi) is 3.32. The van der Waals surface area contributed by atoms with Gasteiger partial charge in [-0.25, -0.2) is 14.5 Å². The van der Waals surface area contributed by atoms with Crippen LogP contribution in [-0.4, -0.2) is 48.5 Å². The van der Waals surface area contributed by atoms with Crippen LogP contribution in [0, 0.1) is 0 Å². The summed E-state index contributed by atoms with van der Waals surface area (Å²) in [5.41, 5.74) is 0.231. The summed E-state index contributed by atoms with van der Waals surface area (Å²) in [5, 5.41) is 18.3. The number of aromatic amines is 1. The molecule has 9 heteroatoms. The quantitative estimate of drug-likeness (QED) is 0.633. The van der Waals surface area contributed by atoms with Gasteiger partial charge in [-0.15, -0.1) is 5.10 Å². The number of carboxylic acid groups (broad SMARTS) is 1. The summed E-state index contributed by atoms with van der Waals surface area (Å²) in [4.78, 5) is 28.4. The van der Waals surface area contributed by atoms with E-state index in [1.165, 1.54) is 23.4 Å². The number of hydrogen-bond donors (Lipinski definition) is 3. The summed E-state index contributed by atoms with van der Waals surface area (Å²) in [5.74, 6) is -1.42. The molecule has 0 aromatic carbocycles. The molecule has 3 N–H and O–H groups in total. The van der Waals surface area contributed by atoms with Crippen LogP contribution >= 0.6 is 0 Å². The molecule has 18 heavy (non-hydrogen) atoms. The van der Waals surface area contributed by atoms with Crippen molar-refractivity contribution in [2.24, 2.45) is 0 Å². The lowest BCUT2D eigenvalue weighted by Crippen LogP contribution is -2.27. The van der Waals surface area contributed by atoms with E-state index in [0.29, 0.717) is 18.8 Å². The molecule has 2 aromatic rings. The van der Waals surface area contributed by atoms with Crippen LogP contribution in [0.1, 0.15) is 21.0 Å². The van der Waals surface area contributed by atoms with Crippen LogP contribution in [0.5, 0.6) is 0 Å². The number of carboxylic acids is 1. The predicted octanol–water partition coefficient (Wildman–Crippen LogP) is -0.871. The van der Waals surface area contributed by atoms with Gasteiger partial charge in [0.1, 0.15) is 5.69 Å². The van der Waals surface area contributed by atoms with Gasteiger partial charge in [-0.3, -0.25) is 4.79 Å². The minimum absolute atomic E-state index is 0.130. The normalized spacial score (nSPS) is 10.2. The highest BCUT2D eigenvalue weighted by Gasteiger charge is 2.09. The van der Waals surface area contributed by atoms with Gasteiger partial charge < -0.3 is 15.4 Å². The first-order chi connectivity index (χ1) is 8.66. The zero-order valence-electron chi connectivity index (χ0n) is 9.20. The number of aromatic nitrogens is 5. The number of nitrogens with one attached hydrogen (secondary N) is 2. The van der Waals surface area contributed by atoms with Gasteiger partial charge in [0.15, 0.2) is 5.69 Å². The van der Waals surface area contributed by atoms with Gasteiger partial charge in [-0.05, 0) is 0 Å². The molecule has 0 aliphatic carbocycles. The summed E-state index contributed by atoms with van der Waals surface area (Å²) >= 11 is 0. The van der Waals surface area contributed by atoms with Crippen molar-refractivity contribution in [3.63, 3.8) is 0 Å². The number of aromatic carboxylic acids is 1. The molecule has 0 atom stereocenters. The van der Waals surface area contributed by atoms with Crippen molar-refractivity contribution >= 4 is 11.9 Å². The highest BCUT2D eigenvalue weighted by Crippen LogP contribution is 1.93. The molecule has 2 rings (SSSR count). The smallest absolute Gasteiger partial charge is 0.358 e. The number of imidazole rings is 1. The van der Waals surface area contributed by atoms with Crippen molar-refractivity contribution in [3.8, 4) is 0 Å². The van der Waals surface area contributed by atoms with Crippen molar-refractivity contribution in [1.29, 1.82) is 0 Å². The average Bonchev–Trinajstić information content (AvgIpc) is 3.00. The molecule has 0 radical (unpaired) electrons. The van der Waals surface area contributed by atoms with Crippen molar-refractivity contribution in [2.75, 3.05) is 6.54 Å². The minimum atomic E-state index is -1.14. The Bertz CT molecular complexity index is 546. The summed E-state index contributed by atoms with van der Waals surface area (Å²) < 4.78 is 1.34. The van der Waals surface area contributed by atoms with Crippen LogP contribution in [0.15, 0.2) is 18.7 Å². The maximum Gasteiger partial charge on any atom is 0.358 e. The number of rotatable bonds is 5. The van der Waals surface area contributed by atoms with Gasteiger partial charge in [0.25, 0.3) is 5.91 Å². The first-order valence-electron chi connectivity index (χ1n) is 5.07. The zero-order valence-corrected chi connectivity index (χ0v) is 9.20. The Labute approximate surface area is 101 Å². The third-order valence-electron chi connectivity index (χ3n) is 2.13. The van der Waals surface area contributed by atoms with E-state index in [9.17, 15) is 9.59 Å². The first kappa shape index (κ1) is 11.8. The Morgan fingerprint density at radius 2 is 2.33 bits per heavy atom. The van der Waals surface area contributed by atoms with Crippen LogP contribution in [0.4, 0.5) is 0 Å². The Morgan fingerprint density at radius 1 is 1.50 bits per heavy atom. The first-order valence-corrected chi connectivity index (χ1v) is 5.07. The number of carbonyl (C=O) groups is 2. The highest BCUT2D eigenvalue weighted by molar-refractivity contribution is 5.91. The largest absolute Gasteiger partial charge is 0.476 e. The minimum Gasteiger partial charge on any atom is -0.476 e. The van der Waals surface area contributed by atoms with Crippen molar-refractivity contribution in [2.45, 2.75) is 6.54 Å². The fourth-order valence-electron chi connectivity index (χ4n) is 1.26. The summed E-state index contributed by atoms with van der Waals surface area (Å²) in [6.45, 7) is 0.639. The third kappa shape index (κ3) is 2.70. The van der Waals surface area contributed by atoms with Crippen molar-refractivity contribution in [3.05, 3.63) is 30.1 Å². The van der Waals surface area contributed by atoms with Crippen LogP contribution < -0.4 is 5.32 Å². The van der Waals surface area contributed by atoms with Gasteiger partial charge in [0.2, 0.25) is 0 Å². The lowest BCUT2D eigenvalue weighted by Gasteiger charge is -2.02. The topological polar surface area (TPSA) is 126 Å². The fraction of sp³-hybridized carbons (Fsp3) is 0.222. The number of hydrogen-bond acceptors (Lipinski definition) is 5. The molecule has 2 aromatic heterocycles. The molecule has 94 valence electrons. The van der Waals surface area contributed by atoms with Crippen LogP contribution in [0.2, 0.25) is 0 Å². The molecule has 9 nitrogen and oxygen atoms in total. The monoisotopic (exact) mass is 250 g/mol. The number of nitrogens with zero attached hydrogens (tertiary/aromatic N) is 4. The van der Waals surface area contributed by atoms with E-state index >= 15 is 0 Å². The van der Waals surface area contributed by atoms with Crippen LogP contribution in [0.3, 0.4) is 0 Å². The Hall–Kier alpha value is -2.71. The second kappa shape index (κ2) is 5.08. The van der Waals surface area contributed by atoms with Gasteiger partial charge in [0, 0.05) is 6.54 Å². The molecule has 0 saturated heterocycles. The second-order valence-electron chi connectivity index (χ2n) is 3.39. The van der Waals surface area contributed by atoms with E-state index in [0.717, 1.165) is 0 Å². The average molecular weight is 250 g/mol. The fourth-order valence-corrected chi connectivity index (χ4v) is 1.26. The van der Waals surface area contributed by atoms with Crippen molar-refractivity contribution in [1.82, 2.24) is 30.3 Å². The summed E-state index contributed by atoms with van der Waals surface area (Å²) in [7, 11) is 0. The highest BCUT2D eigenvalue weighted by atomic mass is 16.4. The summed E-state index contributed by atoms with van der Waals surface area (Å²) in [6.07, 6.45) is 4.11. The van der Waals surface area contributed by atoms with Gasteiger partial charge in [0.05, 0.1) is 25.3 Å². The molecule has 0 aliphatic rings. The standard InChI is InChI=1S/C9H10N6O3/c16-8(6-3-10-5-12-6)11-1-2-15-4-7(9(17)18)13-14-15/h3-5H,1-2H2,(H,10,12)(H,11,16)(H,17,18). The predicted molar refractivity (Wildman–Crippen MR) is 57.9 cm³/mol. The van der Waals surface area contributed by atoms with E-state index in [1.54, 1.807) is 0 Å². The van der Waals surface area contributed by atoms with E-state index in [2.05, 4.69) is 25.6 Å². The third-order valence-corrected chi connectivity index (χ3v) is 2.13. The van der Waals surface area contributed by atoms with Crippen LogP contribution in [-0.2, 0) is 6.54 Å². The van der Waals surface area contributed by atoms with Gasteiger partial charge >= 0.3 is 5.97 Å². The molecule has 0 bridgehead atoms. The van der Waals surface area contributed by atoms with E-state index in [-0.39, 0.29) is 11.6 Å². The van der Waals surface area contributed by atoms with Gasteiger partial charge in [-0.2, -0.15) is 0 Å². The SMILES string of the molecule is O=C(O)c1cn(CCNC(=O)c2cnc[nH]2)nn1. The van der Waals surface area contributed by atoms with E-state index in [4.69, 9.17) is 5.11 Å². The van der Waals surface area contributed by atoms with Gasteiger partial charge in [-0.1, -0.05) is 5.21 Å². The second-order valence-corrected chi connectivity index (χ2v) is 3.39.